The number of ketones is 1. The van der Waals surface area contributed by atoms with E-state index >= 15 is 0 Å². The van der Waals surface area contributed by atoms with Crippen molar-refractivity contribution in [3.8, 4) is 0 Å². The number of allylic oxidation sites excluding steroid dienone is 1. The third-order valence-electron chi connectivity index (χ3n) is 4.44. The van der Waals surface area contributed by atoms with Crippen LogP contribution in [0.3, 0.4) is 0 Å². The predicted octanol–water partition coefficient (Wildman–Crippen LogP) is 5.33. The molecule has 0 spiro atoms. The van der Waals surface area contributed by atoms with Crippen molar-refractivity contribution in [3.05, 3.63) is 83.6 Å². The fraction of sp³-hybridized carbons (Fsp3) is 0.286. The van der Waals surface area contributed by atoms with Crippen LogP contribution >= 0.6 is 0 Å². The minimum absolute atomic E-state index is 0.0902. The van der Waals surface area contributed by atoms with E-state index in [0.29, 0.717) is 11.8 Å². The smallest absolute Gasteiger partial charge is 0.167 e. The highest BCUT2D eigenvalue weighted by Crippen LogP contribution is 2.56. The first-order valence-electron chi connectivity index (χ1n) is 8.31. The molecule has 3 rings (SSSR count). The van der Waals surface area contributed by atoms with Gasteiger partial charge in [0.2, 0.25) is 0 Å². The maximum absolute atomic E-state index is 12.9. The molecule has 1 fully saturated rings. The molecule has 2 aromatic rings. The molecule has 0 aromatic heterocycles. The Morgan fingerprint density at radius 2 is 1.48 bits per heavy atom. The van der Waals surface area contributed by atoms with Gasteiger partial charge in [0.15, 0.2) is 5.78 Å². The van der Waals surface area contributed by atoms with E-state index in [9.17, 15) is 4.79 Å². The Kier molecular flexibility index (Phi) is 4.36. The van der Waals surface area contributed by atoms with Crippen LogP contribution in [0.5, 0.6) is 0 Å². The molecule has 2 aromatic carbocycles. The molecule has 0 amide bonds. The fourth-order valence-corrected chi connectivity index (χ4v) is 4.01. The second-order valence-electron chi connectivity index (χ2n) is 7.50. The summed E-state index contributed by atoms with van der Waals surface area (Å²) in [6.07, 6.45) is 2.31. The second kappa shape index (κ2) is 6.29. The van der Waals surface area contributed by atoms with Gasteiger partial charge >= 0.3 is 0 Å². The average molecular weight is 321 g/mol. The van der Waals surface area contributed by atoms with Crippen molar-refractivity contribution in [2.45, 2.75) is 25.6 Å². The van der Waals surface area contributed by atoms with E-state index in [-0.39, 0.29) is 11.7 Å². The highest BCUT2D eigenvalue weighted by atomic mass is 28.3. The van der Waals surface area contributed by atoms with E-state index in [1.807, 2.05) is 36.4 Å². The van der Waals surface area contributed by atoms with E-state index in [4.69, 9.17) is 0 Å². The standard InChI is InChI=1S/C21H24OSi/c1-23(2,3)15-14-18-19(16-10-6-4-7-11-16)20(18)21(22)17-12-8-5-9-13-17/h4-15,18-20H,1-3H3/b15-14+/t18-,19-,20-/m0/s1. The zero-order chi connectivity index (χ0) is 16.4. The number of hydrogen-bond donors (Lipinski definition) is 0. The van der Waals surface area contributed by atoms with E-state index in [0.717, 1.165) is 5.56 Å². The van der Waals surface area contributed by atoms with Crippen molar-refractivity contribution in [1.82, 2.24) is 0 Å². The molecule has 23 heavy (non-hydrogen) atoms. The summed E-state index contributed by atoms with van der Waals surface area (Å²) in [5, 5.41) is 0. The fourth-order valence-electron chi connectivity index (χ4n) is 3.21. The highest BCUT2D eigenvalue weighted by molar-refractivity contribution is 6.80. The van der Waals surface area contributed by atoms with Gasteiger partial charge in [-0.05, 0) is 11.5 Å². The molecule has 118 valence electrons. The molecule has 0 radical (unpaired) electrons. The summed E-state index contributed by atoms with van der Waals surface area (Å²) in [4.78, 5) is 12.9. The molecule has 1 nitrogen and oxygen atoms in total. The first-order valence-corrected chi connectivity index (χ1v) is 11.9. The normalized spacial score (nSPS) is 23.9. The minimum atomic E-state index is -1.25. The number of carbonyl (C=O) groups is 1. The van der Waals surface area contributed by atoms with Crippen molar-refractivity contribution in [2.24, 2.45) is 11.8 Å². The van der Waals surface area contributed by atoms with Gasteiger partial charge in [0.25, 0.3) is 0 Å². The topological polar surface area (TPSA) is 17.1 Å². The third kappa shape index (κ3) is 3.70. The van der Waals surface area contributed by atoms with E-state index < -0.39 is 8.07 Å². The Balaban J connectivity index is 1.87. The van der Waals surface area contributed by atoms with Crippen LogP contribution in [-0.2, 0) is 0 Å². The van der Waals surface area contributed by atoms with Gasteiger partial charge in [0, 0.05) is 17.4 Å². The lowest BCUT2D eigenvalue weighted by Crippen LogP contribution is -2.15. The molecule has 1 aliphatic carbocycles. The number of benzene rings is 2. The first kappa shape index (κ1) is 15.9. The quantitative estimate of drug-likeness (QED) is 0.537. The van der Waals surface area contributed by atoms with Gasteiger partial charge in [0.1, 0.15) is 0 Å². The summed E-state index contributed by atoms with van der Waals surface area (Å²) in [7, 11) is -1.25. The van der Waals surface area contributed by atoms with Crippen molar-refractivity contribution < 1.29 is 4.79 Å². The van der Waals surface area contributed by atoms with E-state index in [2.05, 4.69) is 55.7 Å². The molecule has 2 heteroatoms. The molecule has 1 aliphatic rings. The van der Waals surface area contributed by atoms with Gasteiger partial charge in [-0.1, -0.05) is 92.1 Å². The lowest BCUT2D eigenvalue weighted by Gasteiger charge is -2.07. The van der Waals surface area contributed by atoms with Crippen LogP contribution in [0.4, 0.5) is 0 Å². The van der Waals surface area contributed by atoms with Crippen molar-refractivity contribution in [2.75, 3.05) is 0 Å². The molecule has 1 saturated carbocycles. The lowest BCUT2D eigenvalue weighted by atomic mass is 10.0. The van der Waals surface area contributed by atoms with Gasteiger partial charge in [0.05, 0.1) is 8.07 Å². The maximum Gasteiger partial charge on any atom is 0.167 e. The number of carbonyl (C=O) groups excluding carboxylic acids is 1. The molecule has 0 unspecified atom stereocenters. The Bertz CT molecular complexity index is 698. The Morgan fingerprint density at radius 1 is 0.913 bits per heavy atom. The number of hydrogen-bond acceptors (Lipinski definition) is 1. The van der Waals surface area contributed by atoms with Crippen molar-refractivity contribution in [3.63, 3.8) is 0 Å². The second-order valence-corrected chi connectivity index (χ2v) is 12.6. The zero-order valence-corrected chi connectivity index (χ0v) is 15.1. The molecule has 0 aliphatic heterocycles. The first-order chi connectivity index (χ1) is 11.0. The highest BCUT2D eigenvalue weighted by Gasteiger charge is 2.53. The summed E-state index contributed by atoms with van der Waals surface area (Å²) in [5.41, 5.74) is 4.50. The Morgan fingerprint density at radius 3 is 2.04 bits per heavy atom. The van der Waals surface area contributed by atoms with Crippen LogP contribution in [0.2, 0.25) is 19.6 Å². The largest absolute Gasteiger partial charge is 0.294 e. The number of Topliss-reactive ketones (excluding diaryl/α,β-unsaturated/α-hetero) is 1. The molecule has 0 N–H and O–H groups in total. The molecular weight excluding hydrogens is 296 g/mol. The molecule has 0 heterocycles. The van der Waals surface area contributed by atoms with Crippen LogP contribution in [0.15, 0.2) is 72.4 Å². The zero-order valence-electron chi connectivity index (χ0n) is 14.1. The molecule has 0 bridgehead atoms. The minimum Gasteiger partial charge on any atom is -0.294 e. The maximum atomic E-state index is 12.9. The van der Waals surface area contributed by atoms with Crippen LogP contribution in [0, 0.1) is 11.8 Å². The van der Waals surface area contributed by atoms with Crippen molar-refractivity contribution >= 4 is 13.9 Å². The van der Waals surface area contributed by atoms with Crippen LogP contribution in [0.25, 0.3) is 0 Å². The van der Waals surface area contributed by atoms with Gasteiger partial charge in [-0.25, -0.2) is 0 Å². The Labute approximate surface area is 140 Å². The number of rotatable bonds is 5. The van der Waals surface area contributed by atoms with E-state index in [1.165, 1.54) is 5.56 Å². The summed E-state index contributed by atoms with van der Waals surface area (Å²) >= 11 is 0. The summed E-state index contributed by atoms with van der Waals surface area (Å²) in [5.74, 6) is 1.05. The summed E-state index contributed by atoms with van der Waals surface area (Å²) in [6.45, 7) is 6.99. The van der Waals surface area contributed by atoms with Gasteiger partial charge in [-0.15, -0.1) is 0 Å². The molecule has 3 atom stereocenters. The lowest BCUT2D eigenvalue weighted by molar-refractivity contribution is 0.0961. The van der Waals surface area contributed by atoms with Gasteiger partial charge < -0.3 is 0 Å². The van der Waals surface area contributed by atoms with Gasteiger partial charge in [-0.3, -0.25) is 4.79 Å². The summed E-state index contributed by atoms with van der Waals surface area (Å²) in [6, 6.07) is 20.2. The SMILES string of the molecule is C[Si](C)(C)/C=C/[C@@H]1[C@H](C(=O)c2ccccc2)[C@H]1c1ccccc1. The van der Waals surface area contributed by atoms with E-state index in [1.54, 1.807) is 0 Å². The monoisotopic (exact) mass is 320 g/mol. The third-order valence-corrected chi connectivity index (χ3v) is 5.63. The van der Waals surface area contributed by atoms with Crippen LogP contribution in [0.1, 0.15) is 21.8 Å². The van der Waals surface area contributed by atoms with Crippen LogP contribution < -0.4 is 0 Å². The molecular formula is C21H24OSi. The molecule has 0 saturated heterocycles. The predicted molar refractivity (Wildman–Crippen MR) is 99.4 cm³/mol. The van der Waals surface area contributed by atoms with Gasteiger partial charge in [-0.2, -0.15) is 0 Å². The Hall–Kier alpha value is -1.93. The van der Waals surface area contributed by atoms with Crippen LogP contribution in [-0.4, -0.2) is 13.9 Å². The summed E-state index contributed by atoms with van der Waals surface area (Å²) < 4.78 is 0. The van der Waals surface area contributed by atoms with Crippen molar-refractivity contribution in [1.29, 1.82) is 0 Å². The average Bonchev–Trinajstić information content (AvgIpc) is 3.27.